The Morgan fingerprint density at radius 1 is 1.61 bits per heavy atom. The Hall–Kier alpha value is -1.96. The van der Waals surface area contributed by atoms with E-state index in [0.717, 1.165) is 0 Å². The number of carbonyl (C=O) groups excluding carboxylic acids is 3. The lowest BCUT2D eigenvalue weighted by Gasteiger charge is -2.31. The molecule has 1 N–H and O–H groups in total. The zero-order valence-corrected chi connectivity index (χ0v) is 10.6. The van der Waals surface area contributed by atoms with Gasteiger partial charge in [0.25, 0.3) is 0 Å². The number of nitrogens with one attached hydrogen (secondary N) is 1. The Balaban J connectivity index is 2.25. The number of ether oxygens (including phenoxy) is 1. The molecule has 1 aliphatic heterocycles. The van der Waals surface area contributed by atoms with Crippen molar-refractivity contribution in [2.24, 2.45) is 0 Å². The standard InChI is InChI=1S/C10H11N3O4S/c1-5-8(15)12-7(14)3-13(5)10-11-6(4-18-10)9(16)17-2/h4-5H,3H2,1-2H3,(H,12,14,15). The average molecular weight is 269 g/mol. The molecule has 0 bridgehead atoms. The Morgan fingerprint density at radius 3 is 3.00 bits per heavy atom. The molecule has 2 amide bonds. The minimum Gasteiger partial charge on any atom is -0.464 e. The third-order valence-electron chi connectivity index (χ3n) is 2.56. The first-order valence-corrected chi connectivity index (χ1v) is 6.05. The van der Waals surface area contributed by atoms with E-state index in [1.807, 2.05) is 0 Å². The second kappa shape index (κ2) is 4.73. The van der Waals surface area contributed by atoms with E-state index in [9.17, 15) is 14.4 Å². The second-order valence-corrected chi connectivity index (χ2v) is 4.56. The largest absolute Gasteiger partial charge is 0.464 e. The second-order valence-electron chi connectivity index (χ2n) is 3.72. The first-order valence-electron chi connectivity index (χ1n) is 5.17. The van der Waals surface area contributed by atoms with Gasteiger partial charge in [0.15, 0.2) is 10.8 Å². The van der Waals surface area contributed by atoms with Gasteiger partial charge in [0.2, 0.25) is 11.8 Å². The first-order chi connectivity index (χ1) is 8.52. The van der Waals surface area contributed by atoms with Crippen LogP contribution < -0.4 is 10.2 Å². The minimum atomic E-state index is -0.544. The van der Waals surface area contributed by atoms with E-state index in [1.165, 1.54) is 23.8 Å². The van der Waals surface area contributed by atoms with Crippen molar-refractivity contribution in [1.29, 1.82) is 0 Å². The van der Waals surface area contributed by atoms with Crippen LogP contribution in [0.15, 0.2) is 5.38 Å². The van der Waals surface area contributed by atoms with Crippen LogP contribution in [0.2, 0.25) is 0 Å². The predicted octanol–water partition coefficient (Wildman–Crippen LogP) is -0.219. The van der Waals surface area contributed by atoms with Gasteiger partial charge in [-0.25, -0.2) is 9.78 Å². The number of rotatable bonds is 2. The van der Waals surface area contributed by atoms with E-state index in [2.05, 4.69) is 15.0 Å². The lowest BCUT2D eigenvalue weighted by Crippen LogP contribution is -2.57. The number of methoxy groups -OCH3 is 1. The van der Waals surface area contributed by atoms with Crippen molar-refractivity contribution in [2.45, 2.75) is 13.0 Å². The summed E-state index contributed by atoms with van der Waals surface area (Å²) in [6.07, 6.45) is 0. The maximum Gasteiger partial charge on any atom is 0.357 e. The molecule has 1 aromatic rings. The summed E-state index contributed by atoms with van der Waals surface area (Å²) >= 11 is 1.19. The van der Waals surface area contributed by atoms with Crippen LogP contribution >= 0.6 is 11.3 Å². The van der Waals surface area contributed by atoms with Crippen molar-refractivity contribution in [1.82, 2.24) is 10.3 Å². The molecule has 2 heterocycles. The van der Waals surface area contributed by atoms with Crippen LogP contribution in [-0.4, -0.2) is 42.5 Å². The maximum atomic E-state index is 11.5. The fraction of sp³-hybridized carbons (Fsp3) is 0.400. The summed E-state index contributed by atoms with van der Waals surface area (Å²) in [5.41, 5.74) is 0.170. The number of amides is 2. The molecule has 0 aromatic carbocycles. The van der Waals surface area contributed by atoms with Gasteiger partial charge in [0.05, 0.1) is 7.11 Å². The summed E-state index contributed by atoms with van der Waals surface area (Å²) in [6, 6.07) is -0.501. The molecule has 7 nitrogen and oxygen atoms in total. The van der Waals surface area contributed by atoms with Crippen molar-refractivity contribution >= 4 is 34.3 Å². The van der Waals surface area contributed by atoms with E-state index in [1.54, 1.807) is 11.8 Å². The Bertz CT molecular complexity index is 513. The van der Waals surface area contributed by atoms with Gasteiger partial charge in [-0.05, 0) is 6.92 Å². The van der Waals surface area contributed by atoms with Crippen LogP contribution in [0.1, 0.15) is 17.4 Å². The van der Waals surface area contributed by atoms with E-state index in [4.69, 9.17) is 0 Å². The molecule has 0 radical (unpaired) electrons. The fourth-order valence-corrected chi connectivity index (χ4v) is 2.42. The van der Waals surface area contributed by atoms with E-state index < -0.39 is 12.0 Å². The highest BCUT2D eigenvalue weighted by molar-refractivity contribution is 7.14. The maximum absolute atomic E-state index is 11.5. The predicted molar refractivity (Wildman–Crippen MR) is 63.4 cm³/mol. The number of carbonyl (C=O) groups is 3. The molecule has 8 heteroatoms. The van der Waals surface area contributed by atoms with Gasteiger partial charge < -0.3 is 9.64 Å². The highest BCUT2D eigenvalue weighted by Gasteiger charge is 2.32. The summed E-state index contributed by atoms with van der Waals surface area (Å²) in [5.74, 6) is -1.30. The highest BCUT2D eigenvalue weighted by Crippen LogP contribution is 2.24. The van der Waals surface area contributed by atoms with Crippen LogP contribution in [0.3, 0.4) is 0 Å². The SMILES string of the molecule is COC(=O)c1csc(N2CC(=O)NC(=O)C2C)n1. The molecular formula is C10H11N3O4S. The number of anilines is 1. The normalized spacial score (nSPS) is 19.7. The highest BCUT2D eigenvalue weighted by atomic mass is 32.1. The van der Waals surface area contributed by atoms with Crippen molar-refractivity contribution < 1.29 is 19.1 Å². The molecule has 96 valence electrons. The van der Waals surface area contributed by atoms with Crippen LogP contribution in [0, 0.1) is 0 Å². The summed E-state index contributed by atoms with van der Waals surface area (Å²) in [7, 11) is 1.27. The zero-order valence-electron chi connectivity index (χ0n) is 9.80. The summed E-state index contributed by atoms with van der Waals surface area (Å²) in [5, 5.41) is 4.22. The Morgan fingerprint density at radius 2 is 2.33 bits per heavy atom. The average Bonchev–Trinajstić information content (AvgIpc) is 2.82. The van der Waals surface area contributed by atoms with Crippen LogP contribution in [0.25, 0.3) is 0 Å². The smallest absolute Gasteiger partial charge is 0.357 e. The third kappa shape index (κ3) is 2.19. The van der Waals surface area contributed by atoms with Gasteiger partial charge in [-0.1, -0.05) is 0 Å². The van der Waals surface area contributed by atoms with Gasteiger partial charge in [-0.2, -0.15) is 0 Å². The number of nitrogens with zero attached hydrogens (tertiary/aromatic N) is 2. The number of thiazole rings is 1. The van der Waals surface area contributed by atoms with Crippen molar-refractivity contribution in [2.75, 3.05) is 18.6 Å². The van der Waals surface area contributed by atoms with Crippen LogP contribution in [-0.2, 0) is 14.3 Å². The third-order valence-corrected chi connectivity index (χ3v) is 3.43. The molecule has 0 spiro atoms. The molecule has 1 fully saturated rings. The van der Waals surface area contributed by atoms with E-state index in [0.29, 0.717) is 5.13 Å². The molecule has 18 heavy (non-hydrogen) atoms. The van der Waals surface area contributed by atoms with Gasteiger partial charge in [-0.3, -0.25) is 14.9 Å². The molecule has 0 saturated carbocycles. The van der Waals surface area contributed by atoms with Crippen molar-refractivity contribution in [3.63, 3.8) is 0 Å². The topological polar surface area (TPSA) is 88.6 Å². The molecule has 1 aromatic heterocycles. The van der Waals surface area contributed by atoms with Gasteiger partial charge in [0.1, 0.15) is 12.6 Å². The number of hydrogen-bond donors (Lipinski definition) is 1. The number of piperazine rings is 1. The fourth-order valence-electron chi connectivity index (χ4n) is 1.54. The van der Waals surface area contributed by atoms with Gasteiger partial charge >= 0.3 is 5.97 Å². The zero-order chi connectivity index (χ0) is 13.3. The lowest BCUT2D eigenvalue weighted by atomic mass is 10.2. The monoisotopic (exact) mass is 269 g/mol. The van der Waals surface area contributed by atoms with E-state index in [-0.39, 0.29) is 24.1 Å². The van der Waals surface area contributed by atoms with E-state index >= 15 is 0 Å². The van der Waals surface area contributed by atoms with Crippen LogP contribution in [0.4, 0.5) is 5.13 Å². The molecule has 1 aliphatic rings. The molecule has 1 atom stereocenters. The number of imide groups is 1. The quantitative estimate of drug-likeness (QED) is 0.590. The minimum absolute atomic E-state index is 0.0427. The molecular weight excluding hydrogens is 258 g/mol. The Kier molecular flexibility index (Phi) is 3.28. The van der Waals surface area contributed by atoms with Gasteiger partial charge in [-0.15, -0.1) is 11.3 Å². The summed E-state index contributed by atoms with van der Waals surface area (Å²) in [4.78, 5) is 39.7. The van der Waals surface area contributed by atoms with Crippen molar-refractivity contribution in [3.05, 3.63) is 11.1 Å². The number of esters is 1. The van der Waals surface area contributed by atoms with Crippen LogP contribution in [0.5, 0.6) is 0 Å². The summed E-state index contributed by atoms with van der Waals surface area (Å²) in [6.45, 7) is 1.71. The van der Waals surface area contributed by atoms with Gasteiger partial charge in [0, 0.05) is 5.38 Å². The summed E-state index contributed by atoms with van der Waals surface area (Å²) < 4.78 is 4.55. The lowest BCUT2D eigenvalue weighted by molar-refractivity contribution is -0.132. The van der Waals surface area contributed by atoms with Crippen molar-refractivity contribution in [3.8, 4) is 0 Å². The molecule has 2 rings (SSSR count). The Labute approximate surface area is 107 Å². The molecule has 1 unspecified atom stereocenters. The molecule has 1 saturated heterocycles. The molecule has 0 aliphatic carbocycles. The number of hydrogen-bond acceptors (Lipinski definition) is 7. The first kappa shape index (κ1) is 12.5. The number of aromatic nitrogens is 1.